The summed E-state index contributed by atoms with van der Waals surface area (Å²) in [5.41, 5.74) is 2.65. The van der Waals surface area contributed by atoms with Gasteiger partial charge in [-0.1, -0.05) is 60.1 Å². The van der Waals surface area contributed by atoms with Crippen LogP contribution in [0.2, 0.25) is 5.02 Å². The highest BCUT2D eigenvalue weighted by molar-refractivity contribution is 8.18. The number of ether oxygens (including phenoxy) is 1. The number of benzene rings is 3. The van der Waals surface area contributed by atoms with Crippen molar-refractivity contribution in [1.29, 1.82) is 0 Å². The van der Waals surface area contributed by atoms with Gasteiger partial charge < -0.3 is 10.1 Å². The van der Waals surface area contributed by atoms with Crippen LogP contribution in [0.3, 0.4) is 0 Å². The lowest BCUT2D eigenvalue weighted by Crippen LogP contribution is -2.19. The highest BCUT2D eigenvalue weighted by Gasteiger charge is 2.24. The second-order valence-electron chi connectivity index (χ2n) is 6.27. The molecule has 4 nitrogen and oxygen atoms in total. The quantitative estimate of drug-likeness (QED) is 0.530. The van der Waals surface area contributed by atoms with Crippen LogP contribution in [-0.4, -0.2) is 11.1 Å². The Labute approximate surface area is 178 Å². The molecule has 0 atom stereocenters. The zero-order valence-electron chi connectivity index (χ0n) is 15.3. The van der Waals surface area contributed by atoms with Crippen LogP contribution in [0.1, 0.15) is 11.1 Å². The fourth-order valence-corrected chi connectivity index (χ4v) is 3.68. The summed E-state index contributed by atoms with van der Waals surface area (Å²) in [6.45, 7) is 0.462. The standard InChI is InChI=1S/C23H17ClN2O2S/c24-18-10-12-19(13-11-18)25-23-26-22(27)21(29-23)14-17-8-4-5-9-20(17)28-15-16-6-2-1-3-7-16/h1-14H,15H2,(H,25,26,27)/b21-14-. The van der Waals surface area contributed by atoms with Gasteiger partial charge in [-0.25, -0.2) is 4.99 Å². The Morgan fingerprint density at radius 2 is 1.69 bits per heavy atom. The van der Waals surface area contributed by atoms with Crippen molar-refractivity contribution in [2.75, 3.05) is 0 Å². The van der Waals surface area contributed by atoms with Crippen LogP contribution < -0.4 is 10.1 Å². The van der Waals surface area contributed by atoms with Crippen molar-refractivity contribution in [3.8, 4) is 5.75 Å². The SMILES string of the molecule is O=C1NC(=Nc2ccc(Cl)cc2)S/C1=C\c1ccccc1OCc1ccccc1. The summed E-state index contributed by atoms with van der Waals surface area (Å²) in [5.74, 6) is 0.543. The number of carbonyl (C=O) groups excluding carboxylic acids is 1. The van der Waals surface area contributed by atoms with Crippen LogP contribution in [0.15, 0.2) is 88.8 Å². The van der Waals surface area contributed by atoms with Gasteiger partial charge in [-0.2, -0.15) is 0 Å². The molecule has 1 aliphatic rings. The minimum absolute atomic E-state index is 0.180. The van der Waals surface area contributed by atoms with Gasteiger partial charge in [0.15, 0.2) is 5.17 Å². The van der Waals surface area contributed by atoms with E-state index in [0.29, 0.717) is 21.7 Å². The van der Waals surface area contributed by atoms with E-state index in [1.54, 1.807) is 24.3 Å². The third kappa shape index (κ3) is 5.08. The minimum Gasteiger partial charge on any atom is -0.488 e. The van der Waals surface area contributed by atoms with Crippen molar-refractivity contribution in [1.82, 2.24) is 5.32 Å². The molecule has 144 valence electrons. The number of para-hydroxylation sites is 1. The third-order valence-electron chi connectivity index (χ3n) is 4.15. The number of hydrogen-bond acceptors (Lipinski definition) is 4. The van der Waals surface area contributed by atoms with E-state index >= 15 is 0 Å². The normalized spacial score (nSPS) is 16.2. The van der Waals surface area contributed by atoms with E-state index in [0.717, 1.165) is 22.6 Å². The maximum atomic E-state index is 12.4. The average Bonchev–Trinajstić information content (AvgIpc) is 3.08. The Balaban J connectivity index is 1.52. The van der Waals surface area contributed by atoms with Crippen molar-refractivity contribution >= 4 is 46.2 Å². The fourth-order valence-electron chi connectivity index (χ4n) is 2.72. The molecule has 0 radical (unpaired) electrons. The second kappa shape index (κ2) is 8.99. The number of carbonyl (C=O) groups is 1. The van der Waals surface area contributed by atoms with Crippen LogP contribution in [-0.2, 0) is 11.4 Å². The first kappa shape index (κ1) is 19.3. The van der Waals surface area contributed by atoms with Crippen LogP contribution in [0.5, 0.6) is 5.75 Å². The lowest BCUT2D eigenvalue weighted by atomic mass is 10.2. The lowest BCUT2D eigenvalue weighted by Gasteiger charge is -2.09. The zero-order chi connectivity index (χ0) is 20.1. The van der Waals surface area contributed by atoms with Crippen molar-refractivity contribution in [3.05, 3.63) is 99.9 Å². The van der Waals surface area contributed by atoms with Crippen LogP contribution in [0.25, 0.3) is 6.08 Å². The monoisotopic (exact) mass is 420 g/mol. The third-order valence-corrected chi connectivity index (χ3v) is 5.31. The molecule has 1 fully saturated rings. The summed E-state index contributed by atoms with van der Waals surface area (Å²) in [5, 5.41) is 3.97. The van der Waals surface area contributed by atoms with E-state index in [4.69, 9.17) is 16.3 Å². The van der Waals surface area contributed by atoms with E-state index in [9.17, 15) is 4.79 Å². The maximum Gasteiger partial charge on any atom is 0.264 e. The molecule has 6 heteroatoms. The molecular weight excluding hydrogens is 404 g/mol. The molecule has 0 aliphatic carbocycles. The number of amides is 1. The Bertz CT molecular complexity index is 1080. The van der Waals surface area contributed by atoms with Crippen molar-refractivity contribution < 1.29 is 9.53 Å². The molecule has 1 N–H and O–H groups in total. The number of thioether (sulfide) groups is 1. The molecule has 0 saturated carbocycles. The molecule has 0 bridgehead atoms. The number of aliphatic imine (C=N–C) groups is 1. The Kier molecular flexibility index (Phi) is 5.98. The summed E-state index contributed by atoms with van der Waals surface area (Å²) in [6, 6.07) is 24.8. The Morgan fingerprint density at radius 1 is 0.966 bits per heavy atom. The van der Waals surface area contributed by atoms with Gasteiger partial charge in [0.25, 0.3) is 5.91 Å². The summed E-state index contributed by atoms with van der Waals surface area (Å²) in [6.07, 6.45) is 1.82. The molecular formula is C23H17ClN2O2S. The molecule has 4 rings (SSSR count). The van der Waals surface area contributed by atoms with Crippen molar-refractivity contribution in [2.45, 2.75) is 6.61 Å². The molecule has 29 heavy (non-hydrogen) atoms. The van der Waals surface area contributed by atoms with Gasteiger partial charge in [-0.05, 0) is 53.7 Å². The Morgan fingerprint density at radius 3 is 2.48 bits per heavy atom. The maximum absolute atomic E-state index is 12.4. The first-order valence-electron chi connectivity index (χ1n) is 8.98. The number of halogens is 1. The molecule has 1 heterocycles. The molecule has 3 aromatic carbocycles. The summed E-state index contributed by atoms with van der Waals surface area (Å²) in [7, 11) is 0. The summed E-state index contributed by atoms with van der Waals surface area (Å²) < 4.78 is 5.97. The largest absolute Gasteiger partial charge is 0.488 e. The first-order valence-corrected chi connectivity index (χ1v) is 10.2. The van der Waals surface area contributed by atoms with Gasteiger partial charge in [0.2, 0.25) is 0 Å². The molecule has 3 aromatic rings. The predicted octanol–water partition coefficient (Wildman–Crippen LogP) is 5.81. The van der Waals surface area contributed by atoms with Gasteiger partial charge in [-0.15, -0.1) is 0 Å². The van der Waals surface area contributed by atoms with E-state index < -0.39 is 0 Å². The predicted molar refractivity (Wildman–Crippen MR) is 119 cm³/mol. The van der Waals surface area contributed by atoms with Gasteiger partial charge in [0, 0.05) is 10.6 Å². The number of amidine groups is 1. The minimum atomic E-state index is -0.180. The average molecular weight is 421 g/mol. The molecule has 1 saturated heterocycles. The van der Waals surface area contributed by atoms with E-state index in [-0.39, 0.29) is 5.91 Å². The first-order chi connectivity index (χ1) is 14.2. The van der Waals surface area contributed by atoms with Crippen LogP contribution in [0.4, 0.5) is 5.69 Å². The molecule has 0 unspecified atom stereocenters. The number of rotatable bonds is 5. The molecule has 0 spiro atoms. The van der Waals surface area contributed by atoms with Gasteiger partial charge in [-0.3, -0.25) is 4.79 Å². The highest BCUT2D eigenvalue weighted by atomic mass is 35.5. The Hall–Kier alpha value is -3.02. The van der Waals surface area contributed by atoms with E-state index in [1.807, 2.05) is 60.7 Å². The summed E-state index contributed by atoms with van der Waals surface area (Å²) in [4.78, 5) is 17.4. The molecule has 1 amide bonds. The van der Waals surface area contributed by atoms with Gasteiger partial charge in [0.1, 0.15) is 12.4 Å². The molecule has 0 aromatic heterocycles. The lowest BCUT2D eigenvalue weighted by molar-refractivity contribution is -0.115. The van der Waals surface area contributed by atoms with Crippen molar-refractivity contribution in [2.24, 2.45) is 4.99 Å². The summed E-state index contributed by atoms with van der Waals surface area (Å²) >= 11 is 7.20. The smallest absolute Gasteiger partial charge is 0.264 e. The molecule has 1 aliphatic heterocycles. The highest BCUT2D eigenvalue weighted by Crippen LogP contribution is 2.31. The van der Waals surface area contributed by atoms with E-state index in [1.165, 1.54) is 11.8 Å². The van der Waals surface area contributed by atoms with E-state index in [2.05, 4.69) is 10.3 Å². The fraction of sp³-hybridized carbons (Fsp3) is 0.0435. The number of nitrogens with one attached hydrogen (secondary N) is 1. The van der Waals surface area contributed by atoms with Crippen molar-refractivity contribution in [3.63, 3.8) is 0 Å². The van der Waals surface area contributed by atoms with Gasteiger partial charge >= 0.3 is 0 Å². The topological polar surface area (TPSA) is 50.7 Å². The number of hydrogen-bond donors (Lipinski definition) is 1. The second-order valence-corrected chi connectivity index (χ2v) is 7.74. The van der Waals surface area contributed by atoms with Crippen LogP contribution >= 0.6 is 23.4 Å². The van der Waals surface area contributed by atoms with Crippen LogP contribution in [0, 0.1) is 0 Å². The zero-order valence-corrected chi connectivity index (χ0v) is 16.9. The number of nitrogens with zero attached hydrogens (tertiary/aromatic N) is 1. The van der Waals surface area contributed by atoms with Gasteiger partial charge in [0.05, 0.1) is 10.6 Å².